The zero-order chi connectivity index (χ0) is 45.5. The van der Waals surface area contributed by atoms with Gasteiger partial charge in [0.15, 0.2) is 0 Å². The molecule has 11 rings (SSSR count). The van der Waals surface area contributed by atoms with Crippen molar-refractivity contribution in [3.8, 4) is 29.9 Å². The minimum Gasteiger partial charge on any atom is -1.00 e. The van der Waals surface area contributed by atoms with Crippen LogP contribution < -0.4 is 21.2 Å². The molecule has 0 atom stereocenters. The Hall–Kier alpha value is -2.85. The molecule has 0 aliphatic heterocycles. The maximum Gasteiger partial charge on any atom is 2.00 e. The summed E-state index contributed by atoms with van der Waals surface area (Å²) < 4.78 is 73.6. The Bertz CT molecular complexity index is 3250. The summed E-state index contributed by atoms with van der Waals surface area (Å²) in [5.41, 5.74) is -1.22. The van der Waals surface area contributed by atoms with Crippen LogP contribution in [0.15, 0.2) is 72.8 Å². The second kappa shape index (κ2) is 24.2. The number of thiophene rings is 4. The Morgan fingerprint density at radius 1 is 0.638 bits per heavy atom. The Morgan fingerprint density at radius 2 is 1.06 bits per heavy atom. The molecular weight excluding hydrogens is 1040 g/mol. The maximum absolute atomic E-state index is 12.4. The number of rotatable bonds is 4. The van der Waals surface area contributed by atoms with Crippen LogP contribution in [0.2, 0.25) is 0 Å². The van der Waals surface area contributed by atoms with E-state index in [1.165, 1.54) is 136 Å². The van der Waals surface area contributed by atoms with Crippen molar-refractivity contribution >= 4 is 138 Å². The van der Waals surface area contributed by atoms with E-state index in [9.17, 15) is 21.6 Å². The molecule has 4 heterocycles. The molecule has 4 aromatic carbocycles. The summed E-state index contributed by atoms with van der Waals surface area (Å²) in [4.78, 5) is 0. The fraction of sp³-hybridized carbons (Fsp3) is 0.411. The van der Waals surface area contributed by atoms with Gasteiger partial charge >= 0.3 is 38.7 Å². The van der Waals surface area contributed by atoms with Gasteiger partial charge in [0.2, 0.25) is 0 Å². The first kappa shape index (κ1) is 57.1. The van der Waals surface area contributed by atoms with E-state index >= 15 is 0 Å². The van der Waals surface area contributed by atoms with Crippen LogP contribution in [-0.4, -0.2) is 37.0 Å². The number of halogens is 4. The molecule has 368 valence electrons. The Morgan fingerprint density at radius 3 is 1.51 bits per heavy atom. The van der Waals surface area contributed by atoms with Crippen molar-refractivity contribution in [1.82, 2.24) is 0 Å². The van der Waals surface area contributed by atoms with Crippen molar-refractivity contribution < 1.29 is 47.0 Å². The average Bonchev–Trinajstić information content (AvgIpc) is 4.03. The zero-order valence-electron chi connectivity index (χ0n) is 37.9. The molecule has 3 fully saturated rings. The van der Waals surface area contributed by atoms with E-state index in [0.717, 1.165) is 48.2 Å². The third-order valence-electron chi connectivity index (χ3n) is 13.6. The molecule has 69 heavy (non-hydrogen) atoms. The molecule has 0 unspecified atom stereocenters. The zero-order valence-corrected chi connectivity index (χ0v) is 45.0. The second-order valence-corrected chi connectivity index (χ2v) is 24.1. The van der Waals surface area contributed by atoms with E-state index in [2.05, 4.69) is 84.7 Å². The van der Waals surface area contributed by atoms with Crippen LogP contribution in [-0.2, 0) is 10.1 Å². The van der Waals surface area contributed by atoms with Crippen molar-refractivity contribution in [1.29, 1.82) is 0 Å². The third-order valence-corrected chi connectivity index (χ3v) is 19.6. The van der Waals surface area contributed by atoms with Crippen molar-refractivity contribution in [2.45, 2.75) is 130 Å². The van der Waals surface area contributed by atoms with Gasteiger partial charge in [0, 0.05) is 50.5 Å². The Balaban J connectivity index is 0.000000408. The minimum absolute atomic E-state index is 0. The van der Waals surface area contributed by atoms with Gasteiger partial charge in [-0.2, -0.15) is 34.4 Å². The Labute approximate surface area is 454 Å². The smallest absolute Gasteiger partial charge is 1.00 e. The standard InChI is InChI=1S/C31H30S2.C16H9F3O3S3.C7H13.2CH4.BrH.Mg.3H2/c1-3-4-5-21-8-12-23(13-9-21)25-15-17-27-29(19-25)33-30-26-16-14-24(18-28(26)32-31(27)30)22-10-6-20(2)7-11-22;1-8-2-4-10-12(6-8)23-15-11-5-3-9(7-13(11)24-14(10)15)22-25(20,21)16(17,18)19;1-7-5-3-2-4-6-7;;;;;;;/h1,14-23H,6-13H2,2H3;2-7H,1H3;2,7H,3-6H2,1H3;2*1H4;1H;;3*1H/q;;-1;;;;+2;;;/p-1. The number of terminal acetylenes is 1. The van der Waals surface area contributed by atoms with E-state index in [1.807, 2.05) is 41.7 Å². The van der Waals surface area contributed by atoms with E-state index in [4.69, 9.17) is 6.42 Å². The van der Waals surface area contributed by atoms with Crippen molar-refractivity contribution in [3.63, 3.8) is 0 Å². The molecule has 4 aromatic heterocycles. The number of hydrogen-bond donors (Lipinski definition) is 0. The van der Waals surface area contributed by atoms with Crippen molar-refractivity contribution in [2.24, 2.45) is 17.8 Å². The molecule has 13 heteroatoms. The van der Waals surface area contributed by atoms with Gasteiger partial charge in [-0.1, -0.05) is 96.7 Å². The van der Waals surface area contributed by atoms with Crippen LogP contribution in [0, 0.1) is 55.3 Å². The largest absolute Gasteiger partial charge is 2.00 e. The van der Waals surface area contributed by atoms with Gasteiger partial charge in [0.1, 0.15) is 5.75 Å². The van der Waals surface area contributed by atoms with E-state index < -0.39 is 15.6 Å². The topological polar surface area (TPSA) is 43.4 Å². The van der Waals surface area contributed by atoms with Crippen LogP contribution in [0.1, 0.15) is 139 Å². The first-order chi connectivity index (χ1) is 31.2. The van der Waals surface area contributed by atoms with Crippen LogP contribution >= 0.6 is 45.3 Å². The molecule has 0 N–H and O–H groups in total. The molecule has 0 bridgehead atoms. The van der Waals surface area contributed by atoms with Crippen molar-refractivity contribution in [3.05, 3.63) is 95.9 Å². The number of aryl methyl sites for hydroxylation is 1. The van der Waals surface area contributed by atoms with E-state index in [0.29, 0.717) is 16.5 Å². The fourth-order valence-electron chi connectivity index (χ4n) is 9.77. The number of alkyl halides is 3. The quantitative estimate of drug-likeness (QED) is 0.0580. The maximum atomic E-state index is 12.4. The number of fused-ring (bicyclic) bond motifs is 10. The molecular formula is C56H66BrF3MgO3S5. The summed E-state index contributed by atoms with van der Waals surface area (Å²) in [6.45, 7) is 6.76. The number of benzene rings is 4. The van der Waals surface area contributed by atoms with Gasteiger partial charge in [-0.3, -0.25) is 0 Å². The minimum atomic E-state index is -5.67. The van der Waals surface area contributed by atoms with Gasteiger partial charge in [-0.25, -0.2) is 0 Å². The van der Waals surface area contributed by atoms with E-state index in [1.54, 1.807) is 23.0 Å². The fourth-order valence-corrected chi connectivity index (χ4v) is 15.8. The molecule has 8 aromatic rings. The van der Waals surface area contributed by atoms with Crippen molar-refractivity contribution in [2.75, 3.05) is 0 Å². The van der Waals surface area contributed by atoms with Gasteiger partial charge in [0.25, 0.3) is 0 Å². The van der Waals surface area contributed by atoms with Crippen LogP contribution in [0.4, 0.5) is 13.2 Å². The summed E-state index contributed by atoms with van der Waals surface area (Å²) in [7, 11) is -5.67. The van der Waals surface area contributed by atoms with Gasteiger partial charge in [-0.05, 0) is 134 Å². The monoisotopic (exact) mass is 1110 g/mol. The van der Waals surface area contributed by atoms with Crippen LogP contribution in [0.5, 0.6) is 5.75 Å². The third kappa shape index (κ3) is 12.7. The van der Waals surface area contributed by atoms with Crippen LogP contribution in [0.3, 0.4) is 0 Å². The predicted molar refractivity (Wildman–Crippen MR) is 299 cm³/mol. The van der Waals surface area contributed by atoms with Gasteiger partial charge in [-0.15, -0.1) is 51.8 Å². The molecule has 3 aliphatic rings. The molecule has 3 aliphatic carbocycles. The predicted octanol–water partition coefficient (Wildman–Crippen LogP) is 16.3. The summed E-state index contributed by atoms with van der Waals surface area (Å²) >= 11 is 7.01. The summed E-state index contributed by atoms with van der Waals surface area (Å²) in [6, 6.07) is 24.9. The molecule has 0 spiro atoms. The first-order valence-corrected chi connectivity index (χ1v) is 27.4. The van der Waals surface area contributed by atoms with E-state index in [-0.39, 0.29) is 64.9 Å². The summed E-state index contributed by atoms with van der Waals surface area (Å²) in [5.74, 6) is 12.0. The number of hydrogen-bond acceptors (Lipinski definition) is 7. The van der Waals surface area contributed by atoms with Gasteiger partial charge < -0.3 is 27.6 Å². The average molecular weight is 1110 g/mol. The summed E-state index contributed by atoms with van der Waals surface area (Å²) in [5, 5.41) is 4.85. The second-order valence-electron chi connectivity index (χ2n) is 18.3. The molecule has 0 saturated heterocycles. The SMILES string of the molecule is C.C.C#CC#CC1CCC(c2ccc3c(c2)sc2c4ccc(C5CCC(C)CC5)cc4sc32)CC1.CC1CC[CH-]CC1.Cc1ccc2c(c1)sc1c3ccc(OS(=O)(=O)C(F)(F)F)cc3sc21.[Br-].[HH].[HH].[HH].[Mg+2]. The molecule has 3 nitrogen and oxygen atoms in total. The normalized spacial score (nSPS) is 19.6. The first-order valence-electron chi connectivity index (χ1n) is 22.8. The molecule has 0 radical (unpaired) electrons. The van der Waals surface area contributed by atoms with Crippen LogP contribution in [0.25, 0.3) is 59.1 Å². The summed E-state index contributed by atoms with van der Waals surface area (Å²) in [6.07, 6.45) is 23.6. The molecule has 0 amide bonds. The molecule has 3 saturated carbocycles. The Kier molecular flexibility index (Phi) is 20.0. The van der Waals surface area contributed by atoms with Gasteiger partial charge in [0.05, 0.1) is 18.8 Å².